The summed E-state index contributed by atoms with van der Waals surface area (Å²) in [7, 11) is 1.59. The van der Waals surface area contributed by atoms with Crippen LogP contribution in [0, 0.1) is 5.82 Å². The highest BCUT2D eigenvalue weighted by molar-refractivity contribution is 9.10. The quantitative estimate of drug-likeness (QED) is 0.776. The Morgan fingerprint density at radius 3 is 2.54 bits per heavy atom. The summed E-state index contributed by atoms with van der Waals surface area (Å²) in [5, 5.41) is 4.03. The molecule has 2 heterocycles. The molecule has 0 radical (unpaired) electrons. The number of carbonyl (C=O) groups is 1. The number of amides is 1. The average Bonchev–Trinajstić information content (AvgIpc) is 2.60. The molecule has 0 bridgehead atoms. The van der Waals surface area contributed by atoms with Crippen molar-refractivity contribution in [2.75, 3.05) is 31.1 Å². The molecule has 1 saturated heterocycles. The van der Waals surface area contributed by atoms with Gasteiger partial charge in [0.05, 0.1) is 17.4 Å². The summed E-state index contributed by atoms with van der Waals surface area (Å²) in [6.45, 7) is 2.00. The number of hydrogen-bond acceptors (Lipinski definition) is 4. The molecule has 24 heavy (non-hydrogen) atoms. The van der Waals surface area contributed by atoms with E-state index in [0.29, 0.717) is 36.3 Å². The number of aromatic nitrogens is 2. The minimum Gasteiger partial charge on any atom is -0.366 e. The van der Waals surface area contributed by atoms with Gasteiger partial charge >= 0.3 is 0 Å². The van der Waals surface area contributed by atoms with Gasteiger partial charge in [-0.15, -0.1) is 0 Å². The Bertz CT molecular complexity index is 831. The first-order chi connectivity index (χ1) is 11.5. The van der Waals surface area contributed by atoms with Crippen molar-refractivity contribution in [3.8, 4) is 0 Å². The molecule has 1 aromatic carbocycles. The van der Waals surface area contributed by atoms with Gasteiger partial charge in [-0.05, 0) is 28.1 Å². The van der Waals surface area contributed by atoms with Crippen molar-refractivity contribution in [3.63, 3.8) is 0 Å². The molecular weight excluding hydrogens is 379 g/mol. The number of piperazine rings is 1. The largest absolute Gasteiger partial charge is 0.366 e. The van der Waals surface area contributed by atoms with E-state index in [9.17, 15) is 14.0 Å². The first kappa shape index (κ1) is 16.6. The second-order valence-electron chi connectivity index (χ2n) is 5.53. The molecule has 1 amide bonds. The van der Waals surface area contributed by atoms with Gasteiger partial charge in [0.1, 0.15) is 10.3 Å². The lowest BCUT2D eigenvalue weighted by Crippen LogP contribution is -2.49. The Kier molecular flexibility index (Phi) is 4.66. The van der Waals surface area contributed by atoms with Crippen molar-refractivity contribution in [1.29, 1.82) is 0 Å². The molecule has 1 fully saturated rings. The Morgan fingerprint density at radius 1 is 1.21 bits per heavy atom. The molecular formula is C16H16BrFN4O2. The second kappa shape index (κ2) is 6.72. The molecule has 1 aliphatic heterocycles. The van der Waals surface area contributed by atoms with E-state index in [0.717, 1.165) is 0 Å². The van der Waals surface area contributed by atoms with Gasteiger partial charge in [-0.3, -0.25) is 9.59 Å². The van der Waals surface area contributed by atoms with Gasteiger partial charge in [0, 0.05) is 33.2 Å². The molecule has 0 atom stereocenters. The summed E-state index contributed by atoms with van der Waals surface area (Å²) in [4.78, 5) is 28.0. The highest BCUT2D eigenvalue weighted by atomic mass is 79.9. The lowest BCUT2D eigenvalue weighted by molar-refractivity contribution is 0.0742. The lowest BCUT2D eigenvalue weighted by Gasteiger charge is -2.36. The van der Waals surface area contributed by atoms with Gasteiger partial charge < -0.3 is 9.80 Å². The van der Waals surface area contributed by atoms with Crippen molar-refractivity contribution in [2.45, 2.75) is 0 Å². The van der Waals surface area contributed by atoms with Crippen LogP contribution < -0.4 is 10.5 Å². The normalized spacial score (nSPS) is 14.8. The first-order valence-electron chi connectivity index (χ1n) is 7.49. The minimum absolute atomic E-state index is 0.0855. The first-order valence-corrected chi connectivity index (χ1v) is 8.29. The van der Waals surface area contributed by atoms with Gasteiger partial charge in [-0.25, -0.2) is 9.07 Å². The molecule has 0 N–H and O–H groups in total. The minimum atomic E-state index is -0.511. The molecule has 3 rings (SSSR count). The maximum atomic E-state index is 13.8. The van der Waals surface area contributed by atoms with Gasteiger partial charge in [0.25, 0.3) is 11.5 Å². The molecule has 0 saturated carbocycles. The van der Waals surface area contributed by atoms with Crippen molar-refractivity contribution in [1.82, 2.24) is 14.7 Å². The van der Waals surface area contributed by atoms with Crippen molar-refractivity contribution < 1.29 is 9.18 Å². The van der Waals surface area contributed by atoms with E-state index >= 15 is 0 Å². The predicted octanol–water partition coefficient (Wildman–Crippen LogP) is 1.64. The van der Waals surface area contributed by atoms with E-state index < -0.39 is 5.82 Å². The fraction of sp³-hybridized carbons (Fsp3) is 0.312. The van der Waals surface area contributed by atoms with Gasteiger partial charge in [-0.2, -0.15) is 5.10 Å². The highest BCUT2D eigenvalue weighted by Gasteiger charge is 2.25. The summed E-state index contributed by atoms with van der Waals surface area (Å²) in [6, 6.07) is 5.98. The van der Waals surface area contributed by atoms with Crippen molar-refractivity contribution in [3.05, 3.63) is 56.7 Å². The maximum Gasteiger partial charge on any atom is 0.282 e. The highest BCUT2D eigenvalue weighted by Crippen LogP contribution is 2.23. The molecule has 6 nitrogen and oxygen atoms in total. The van der Waals surface area contributed by atoms with Crippen LogP contribution in [-0.2, 0) is 7.05 Å². The molecule has 1 aromatic heterocycles. The maximum absolute atomic E-state index is 13.8. The summed E-state index contributed by atoms with van der Waals surface area (Å²) in [5.74, 6) is -0.822. The fourth-order valence-electron chi connectivity index (χ4n) is 2.68. The number of aryl methyl sites for hydroxylation is 1. The van der Waals surface area contributed by atoms with Gasteiger partial charge in [-0.1, -0.05) is 12.1 Å². The van der Waals surface area contributed by atoms with Gasteiger partial charge in [0.2, 0.25) is 0 Å². The van der Waals surface area contributed by atoms with E-state index in [1.165, 1.54) is 16.8 Å². The number of anilines is 1. The topological polar surface area (TPSA) is 58.4 Å². The zero-order valence-electron chi connectivity index (χ0n) is 13.1. The predicted molar refractivity (Wildman–Crippen MR) is 91.7 cm³/mol. The van der Waals surface area contributed by atoms with Crippen molar-refractivity contribution in [2.24, 2.45) is 7.05 Å². The number of hydrogen-bond donors (Lipinski definition) is 0. The summed E-state index contributed by atoms with van der Waals surface area (Å²) in [6.07, 6.45) is 1.62. The third-order valence-electron chi connectivity index (χ3n) is 4.07. The fourth-order valence-corrected chi connectivity index (χ4v) is 3.29. The molecule has 0 unspecified atom stereocenters. The Balaban J connectivity index is 1.73. The van der Waals surface area contributed by atoms with Crippen LogP contribution in [0.3, 0.4) is 0 Å². The van der Waals surface area contributed by atoms with E-state index in [-0.39, 0.29) is 17.0 Å². The smallest absolute Gasteiger partial charge is 0.282 e. The number of nitrogens with zero attached hydrogens (tertiary/aromatic N) is 4. The molecule has 2 aromatic rings. The van der Waals surface area contributed by atoms with Crippen LogP contribution in [0.4, 0.5) is 10.1 Å². The van der Waals surface area contributed by atoms with Crippen LogP contribution in [0.25, 0.3) is 0 Å². The molecule has 1 aliphatic rings. The van der Waals surface area contributed by atoms with E-state index in [1.54, 1.807) is 30.3 Å². The number of halogens is 2. The Labute approximate surface area is 146 Å². The second-order valence-corrected chi connectivity index (χ2v) is 6.32. The SMILES string of the molecule is Cn1ncc(N2CCN(C(=O)c3ccccc3F)CC2)c(Br)c1=O. The standard InChI is InChI=1S/C16H16BrFN4O2/c1-20-16(24)14(17)13(10-19-20)21-6-8-22(9-7-21)15(23)11-4-2-3-5-12(11)18/h2-5,10H,6-9H2,1H3. The summed E-state index contributed by atoms with van der Waals surface area (Å²) >= 11 is 3.31. The third kappa shape index (κ3) is 3.06. The Morgan fingerprint density at radius 2 is 1.88 bits per heavy atom. The molecule has 126 valence electrons. The zero-order chi connectivity index (χ0) is 17.3. The van der Waals surface area contributed by atoms with Crippen LogP contribution >= 0.6 is 15.9 Å². The van der Waals surface area contributed by atoms with Crippen LogP contribution in [-0.4, -0.2) is 46.8 Å². The third-order valence-corrected chi connectivity index (χ3v) is 4.82. The van der Waals surface area contributed by atoms with Crippen LogP contribution in [0.2, 0.25) is 0 Å². The van der Waals surface area contributed by atoms with Crippen LogP contribution in [0.5, 0.6) is 0 Å². The van der Waals surface area contributed by atoms with Gasteiger partial charge in [0.15, 0.2) is 0 Å². The lowest BCUT2D eigenvalue weighted by atomic mass is 10.1. The Hall–Kier alpha value is -2.22. The number of benzene rings is 1. The van der Waals surface area contributed by atoms with Crippen LogP contribution in [0.1, 0.15) is 10.4 Å². The molecule has 8 heteroatoms. The zero-order valence-corrected chi connectivity index (χ0v) is 14.7. The monoisotopic (exact) mass is 394 g/mol. The number of rotatable bonds is 2. The average molecular weight is 395 g/mol. The van der Waals surface area contributed by atoms with E-state index in [1.807, 2.05) is 4.90 Å². The summed E-state index contributed by atoms with van der Waals surface area (Å²) < 4.78 is 15.5. The van der Waals surface area contributed by atoms with Crippen LogP contribution in [0.15, 0.2) is 39.7 Å². The molecule has 0 spiro atoms. The van der Waals surface area contributed by atoms with E-state index in [2.05, 4.69) is 21.0 Å². The molecule has 0 aliphatic carbocycles. The van der Waals surface area contributed by atoms with Crippen molar-refractivity contribution >= 4 is 27.5 Å². The number of carbonyl (C=O) groups excluding carboxylic acids is 1. The van der Waals surface area contributed by atoms with E-state index in [4.69, 9.17) is 0 Å². The summed E-state index contributed by atoms with van der Waals surface area (Å²) in [5.41, 5.74) is 0.579.